The summed E-state index contributed by atoms with van der Waals surface area (Å²) < 4.78 is 21.8. The van der Waals surface area contributed by atoms with Gasteiger partial charge in [0.15, 0.2) is 5.88 Å². The number of nitrogens with zero attached hydrogens (tertiary/aromatic N) is 2. The van der Waals surface area contributed by atoms with Crippen molar-refractivity contribution in [3.05, 3.63) is 47.2 Å². The number of hydrogen-bond acceptors (Lipinski definition) is 8. The number of nitriles is 1. The molecule has 8 nitrogen and oxygen atoms in total. The van der Waals surface area contributed by atoms with Gasteiger partial charge in [0.25, 0.3) is 5.85 Å². The lowest BCUT2D eigenvalue weighted by molar-refractivity contribution is -0.0517. The number of nitrogens with one attached hydrogen (secondary N) is 1. The van der Waals surface area contributed by atoms with E-state index in [0.717, 1.165) is 0 Å². The summed E-state index contributed by atoms with van der Waals surface area (Å²) in [6, 6.07) is 7.38. The number of aliphatic imine (C=N–C) groups is 1. The molecule has 2 aliphatic heterocycles. The average Bonchev–Trinajstić information content (AvgIpc) is 2.66. The van der Waals surface area contributed by atoms with Crippen LogP contribution in [0.3, 0.4) is 0 Å². The summed E-state index contributed by atoms with van der Waals surface area (Å²) >= 11 is 0. The molecule has 0 radical (unpaired) electrons. The van der Waals surface area contributed by atoms with E-state index >= 15 is 0 Å². The Labute approximate surface area is 145 Å². The molecule has 25 heavy (non-hydrogen) atoms. The van der Waals surface area contributed by atoms with Gasteiger partial charge in [0.05, 0.1) is 20.1 Å². The van der Waals surface area contributed by atoms with Gasteiger partial charge in [0.1, 0.15) is 23.1 Å². The normalized spacial score (nSPS) is 24.4. The minimum Gasteiger partial charge on any atom is -0.497 e. The van der Waals surface area contributed by atoms with Crippen LogP contribution >= 0.6 is 0 Å². The summed E-state index contributed by atoms with van der Waals surface area (Å²) in [5, 5.41) is 12.7. The highest BCUT2D eigenvalue weighted by Gasteiger charge is 2.48. The molecular weight excluding hydrogens is 324 g/mol. The van der Waals surface area contributed by atoms with E-state index in [4.69, 9.17) is 24.7 Å². The molecule has 2 heterocycles. The van der Waals surface area contributed by atoms with E-state index in [9.17, 15) is 5.26 Å². The predicted molar refractivity (Wildman–Crippen MR) is 89.6 cm³/mol. The zero-order valence-electron chi connectivity index (χ0n) is 14.1. The highest BCUT2D eigenvalue weighted by Crippen LogP contribution is 2.46. The zero-order chi connectivity index (χ0) is 18.0. The van der Waals surface area contributed by atoms with Gasteiger partial charge in [-0.05, 0) is 6.07 Å². The number of hydrogen-bond donors (Lipinski definition) is 2. The van der Waals surface area contributed by atoms with Crippen molar-refractivity contribution in [3.8, 4) is 17.6 Å². The first kappa shape index (κ1) is 16.7. The van der Waals surface area contributed by atoms with Gasteiger partial charge in [-0.1, -0.05) is 6.07 Å². The second-order valence-electron chi connectivity index (χ2n) is 5.37. The van der Waals surface area contributed by atoms with Crippen LogP contribution < -0.4 is 20.5 Å². The third-order valence-corrected chi connectivity index (χ3v) is 4.14. The van der Waals surface area contributed by atoms with Crippen molar-refractivity contribution >= 4 is 6.21 Å². The molecule has 2 aliphatic rings. The largest absolute Gasteiger partial charge is 0.497 e. The molecule has 2 atom stereocenters. The highest BCUT2D eigenvalue weighted by atomic mass is 16.5. The second kappa shape index (κ2) is 6.37. The van der Waals surface area contributed by atoms with Gasteiger partial charge in [-0.3, -0.25) is 0 Å². The van der Waals surface area contributed by atoms with Crippen molar-refractivity contribution in [3.63, 3.8) is 0 Å². The van der Waals surface area contributed by atoms with E-state index < -0.39 is 11.8 Å². The summed E-state index contributed by atoms with van der Waals surface area (Å²) in [6.45, 7) is 0. The summed E-state index contributed by atoms with van der Waals surface area (Å²) in [7, 11) is 4.57. The molecule has 130 valence electrons. The summed E-state index contributed by atoms with van der Waals surface area (Å²) in [6.07, 6.45) is 3.22. The number of allylic oxidation sites excluding steroid dienone is 1. The van der Waals surface area contributed by atoms with Crippen molar-refractivity contribution in [2.75, 3.05) is 21.3 Å². The Kier molecular flexibility index (Phi) is 4.25. The fourth-order valence-electron chi connectivity index (χ4n) is 2.92. The fraction of sp³-hybridized carbons (Fsp3) is 0.294. The van der Waals surface area contributed by atoms with E-state index in [1.54, 1.807) is 37.6 Å². The van der Waals surface area contributed by atoms with Crippen LogP contribution in [0.5, 0.6) is 11.5 Å². The van der Waals surface area contributed by atoms with Crippen LogP contribution in [-0.2, 0) is 9.47 Å². The topological polar surface area (TPSA) is 111 Å². The van der Waals surface area contributed by atoms with Crippen molar-refractivity contribution in [1.82, 2.24) is 5.32 Å². The van der Waals surface area contributed by atoms with E-state index in [-0.39, 0.29) is 11.5 Å². The van der Waals surface area contributed by atoms with Crippen molar-refractivity contribution in [2.45, 2.75) is 11.8 Å². The van der Waals surface area contributed by atoms with Gasteiger partial charge in [0, 0.05) is 31.0 Å². The Morgan fingerprint density at radius 2 is 2.12 bits per heavy atom. The summed E-state index contributed by atoms with van der Waals surface area (Å²) in [5.41, 5.74) is 6.89. The molecule has 8 heteroatoms. The smallest absolute Gasteiger partial charge is 0.251 e. The quantitative estimate of drug-likeness (QED) is 0.849. The van der Waals surface area contributed by atoms with Gasteiger partial charge < -0.3 is 30.0 Å². The van der Waals surface area contributed by atoms with Crippen LogP contribution in [0.15, 0.2) is 46.6 Å². The van der Waals surface area contributed by atoms with Gasteiger partial charge in [-0.15, -0.1) is 0 Å². The highest BCUT2D eigenvalue weighted by molar-refractivity contribution is 5.73. The predicted octanol–water partition coefficient (Wildman–Crippen LogP) is 1.33. The fourth-order valence-corrected chi connectivity index (χ4v) is 2.92. The first-order valence-corrected chi connectivity index (χ1v) is 7.47. The van der Waals surface area contributed by atoms with Crippen LogP contribution in [0, 0.1) is 11.3 Å². The minimum atomic E-state index is -1.30. The van der Waals surface area contributed by atoms with E-state index in [1.165, 1.54) is 14.2 Å². The third kappa shape index (κ3) is 2.64. The first-order chi connectivity index (χ1) is 12.1. The molecule has 0 bridgehead atoms. The number of ether oxygens (including phenoxy) is 4. The molecule has 0 saturated carbocycles. The lowest BCUT2D eigenvalue weighted by Gasteiger charge is -2.40. The van der Waals surface area contributed by atoms with Crippen LogP contribution in [0.2, 0.25) is 0 Å². The van der Waals surface area contributed by atoms with Crippen LogP contribution in [-0.4, -0.2) is 33.4 Å². The van der Waals surface area contributed by atoms with E-state index in [2.05, 4.69) is 16.4 Å². The van der Waals surface area contributed by atoms with Gasteiger partial charge in [0.2, 0.25) is 5.88 Å². The molecular formula is C17H18N4O4. The summed E-state index contributed by atoms with van der Waals surface area (Å²) in [5.74, 6) is -0.419. The molecule has 3 rings (SSSR count). The zero-order valence-corrected chi connectivity index (χ0v) is 14.1. The van der Waals surface area contributed by atoms with Gasteiger partial charge in [-0.25, -0.2) is 4.99 Å². The molecule has 0 amide bonds. The molecule has 0 spiro atoms. The lowest BCUT2D eigenvalue weighted by Crippen LogP contribution is -2.53. The van der Waals surface area contributed by atoms with E-state index in [1.807, 2.05) is 0 Å². The van der Waals surface area contributed by atoms with Crippen LogP contribution in [0.4, 0.5) is 0 Å². The molecule has 0 aromatic heterocycles. The maximum Gasteiger partial charge on any atom is 0.251 e. The molecule has 2 unspecified atom stereocenters. The van der Waals surface area contributed by atoms with Crippen molar-refractivity contribution in [2.24, 2.45) is 10.7 Å². The molecule has 1 aromatic rings. The Balaban J connectivity index is 2.18. The SMILES string of the molecule is COC1=CC=NC(OC)(C2C(C#N)=C(N)Oc3cc(OC)ccc32)N1. The standard InChI is InChI=1S/C17H18N4O4/c1-22-10-4-5-11-13(8-10)25-16(19)12(9-18)15(11)17(24-3)20-7-6-14(21-17)23-2/h4-8,15,21H,19H2,1-3H3. The molecule has 3 N–H and O–H groups in total. The number of fused-ring (bicyclic) bond motifs is 1. The number of nitrogens with two attached hydrogens (primary N) is 1. The Morgan fingerprint density at radius 3 is 2.76 bits per heavy atom. The van der Waals surface area contributed by atoms with Gasteiger partial charge in [-0.2, -0.15) is 5.26 Å². The average molecular weight is 342 g/mol. The minimum absolute atomic E-state index is 0.00445. The van der Waals surface area contributed by atoms with Crippen molar-refractivity contribution < 1.29 is 18.9 Å². The molecule has 0 saturated heterocycles. The van der Waals surface area contributed by atoms with Crippen LogP contribution in [0.1, 0.15) is 11.5 Å². The number of benzene rings is 1. The third-order valence-electron chi connectivity index (χ3n) is 4.14. The Bertz CT molecular complexity index is 824. The molecule has 0 fully saturated rings. The molecule has 0 aliphatic carbocycles. The Morgan fingerprint density at radius 1 is 1.32 bits per heavy atom. The van der Waals surface area contributed by atoms with Crippen LogP contribution in [0.25, 0.3) is 0 Å². The Hall–Kier alpha value is -3.18. The van der Waals surface area contributed by atoms with Crippen molar-refractivity contribution in [1.29, 1.82) is 5.26 Å². The number of rotatable bonds is 4. The lowest BCUT2D eigenvalue weighted by atomic mass is 9.84. The number of methoxy groups -OCH3 is 3. The first-order valence-electron chi connectivity index (χ1n) is 7.47. The maximum atomic E-state index is 9.65. The van der Waals surface area contributed by atoms with Gasteiger partial charge >= 0.3 is 0 Å². The maximum absolute atomic E-state index is 9.65. The molecule has 1 aromatic carbocycles. The monoisotopic (exact) mass is 342 g/mol. The summed E-state index contributed by atoms with van der Waals surface area (Å²) in [4.78, 5) is 4.43. The van der Waals surface area contributed by atoms with E-state index in [0.29, 0.717) is 22.9 Å². The second-order valence-corrected chi connectivity index (χ2v) is 5.37.